The predicted octanol–water partition coefficient (Wildman–Crippen LogP) is 6.72. The van der Waals surface area contributed by atoms with Crippen LogP contribution in [-0.2, 0) is 0 Å². The molecule has 0 saturated heterocycles. The molecule has 0 radical (unpaired) electrons. The highest BCUT2D eigenvalue weighted by atomic mass is 16.1. The third-order valence-electron chi connectivity index (χ3n) is 7.61. The SMILES string of the molecule is O=C(c1ccc2ccccc2c1)[C@@H]1[C@H]2CCC[C@H]2[C@@H]1C(=O)c1ccc2ccccc2c1. The molecule has 2 nitrogen and oxygen atoms in total. The van der Waals surface area contributed by atoms with Gasteiger partial charge in [0.25, 0.3) is 0 Å². The van der Waals surface area contributed by atoms with E-state index in [4.69, 9.17) is 0 Å². The van der Waals surface area contributed by atoms with Gasteiger partial charge in [-0.3, -0.25) is 9.59 Å². The van der Waals surface area contributed by atoms with Crippen molar-refractivity contribution in [1.82, 2.24) is 0 Å². The first-order chi connectivity index (χ1) is 15.2. The van der Waals surface area contributed by atoms with Gasteiger partial charge >= 0.3 is 0 Å². The van der Waals surface area contributed by atoms with Gasteiger partial charge in [0.2, 0.25) is 0 Å². The van der Waals surface area contributed by atoms with Crippen LogP contribution in [-0.4, -0.2) is 11.6 Å². The van der Waals surface area contributed by atoms with Gasteiger partial charge in [-0.25, -0.2) is 0 Å². The van der Waals surface area contributed by atoms with Gasteiger partial charge in [-0.2, -0.15) is 0 Å². The van der Waals surface area contributed by atoms with Crippen molar-refractivity contribution >= 4 is 33.1 Å². The number of fused-ring (bicyclic) bond motifs is 3. The number of Topliss-reactive ketones (excluding diaryl/α,β-unsaturated/α-hetero) is 2. The van der Waals surface area contributed by atoms with E-state index in [0.717, 1.165) is 51.9 Å². The average Bonchev–Trinajstić information content (AvgIpc) is 3.21. The van der Waals surface area contributed by atoms with Crippen molar-refractivity contribution in [1.29, 1.82) is 0 Å². The fourth-order valence-electron chi connectivity index (χ4n) is 6.08. The second kappa shape index (κ2) is 7.16. The normalized spacial score (nSPS) is 24.6. The summed E-state index contributed by atoms with van der Waals surface area (Å²) in [5, 5.41) is 4.42. The molecule has 6 rings (SSSR count). The molecule has 4 atom stereocenters. The molecule has 0 amide bonds. The Labute approximate surface area is 181 Å². The quantitative estimate of drug-likeness (QED) is 0.354. The summed E-state index contributed by atoms with van der Waals surface area (Å²) >= 11 is 0. The van der Waals surface area contributed by atoms with Crippen molar-refractivity contribution in [3.05, 3.63) is 96.1 Å². The Morgan fingerprint density at radius 2 is 0.968 bits per heavy atom. The van der Waals surface area contributed by atoms with Crippen molar-refractivity contribution < 1.29 is 9.59 Å². The number of hydrogen-bond donors (Lipinski definition) is 0. The molecule has 4 aromatic carbocycles. The van der Waals surface area contributed by atoms with E-state index in [0.29, 0.717) is 11.8 Å². The fraction of sp³-hybridized carbons (Fsp3) is 0.241. The third kappa shape index (κ3) is 2.93. The molecule has 2 aliphatic carbocycles. The molecule has 0 unspecified atom stereocenters. The van der Waals surface area contributed by atoms with Crippen LogP contribution in [0, 0.1) is 23.7 Å². The molecule has 31 heavy (non-hydrogen) atoms. The molecule has 2 fully saturated rings. The minimum Gasteiger partial charge on any atom is -0.294 e. The first-order valence-corrected chi connectivity index (χ1v) is 11.3. The Morgan fingerprint density at radius 3 is 1.42 bits per heavy atom. The lowest BCUT2D eigenvalue weighted by Crippen LogP contribution is -2.51. The molecule has 0 aromatic heterocycles. The van der Waals surface area contributed by atoms with E-state index in [1.807, 2.05) is 72.8 Å². The van der Waals surface area contributed by atoms with Crippen LogP contribution >= 0.6 is 0 Å². The zero-order chi connectivity index (χ0) is 20.9. The number of rotatable bonds is 4. The smallest absolute Gasteiger partial charge is 0.166 e. The van der Waals surface area contributed by atoms with Crippen LogP contribution < -0.4 is 0 Å². The summed E-state index contributed by atoms with van der Waals surface area (Å²) in [6.07, 6.45) is 3.25. The molecule has 0 spiro atoms. The lowest BCUT2D eigenvalue weighted by Gasteiger charge is -2.47. The number of carbonyl (C=O) groups is 2. The maximum Gasteiger partial charge on any atom is 0.166 e. The lowest BCUT2D eigenvalue weighted by atomic mass is 9.54. The van der Waals surface area contributed by atoms with Crippen molar-refractivity contribution in [2.75, 3.05) is 0 Å². The Hall–Kier alpha value is -3.26. The number of benzene rings is 4. The van der Waals surface area contributed by atoms with Gasteiger partial charge in [0, 0.05) is 23.0 Å². The molecule has 2 heteroatoms. The molecule has 4 aromatic rings. The summed E-state index contributed by atoms with van der Waals surface area (Å²) in [4.78, 5) is 27.2. The van der Waals surface area contributed by atoms with E-state index in [-0.39, 0.29) is 23.4 Å². The Kier molecular flexibility index (Phi) is 4.27. The zero-order valence-corrected chi connectivity index (χ0v) is 17.3. The van der Waals surface area contributed by atoms with Gasteiger partial charge in [0.05, 0.1) is 0 Å². The summed E-state index contributed by atoms with van der Waals surface area (Å²) in [5.41, 5.74) is 1.48. The summed E-state index contributed by atoms with van der Waals surface area (Å²) in [6, 6.07) is 28.1. The van der Waals surface area contributed by atoms with E-state index in [1.165, 1.54) is 0 Å². The maximum atomic E-state index is 13.6. The van der Waals surface area contributed by atoms with Crippen molar-refractivity contribution in [3.63, 3.8) is 0 Å². The Bertz CT molecular complexity index is 1230. The number of carbonyl (C=O) groups excluding carboxylic acids is 2. The average molecular weight is 405 g/mol. The molecule has 2 saturated carbocycles. The standard InChI is InChI=1S/C29H24O2/c30-28(22-14-12-18-6-1-3-8-20(18)16-22)26-24-10-5-11-25(24)27(26)29(31)23-15-13-19-7-2-4-9-21(19)17-23/h1-4,6-9,12-17,24-27H,5,10-11H2/t24-,25+,26+,27-. The number of hydrogen-bond acceptors (Lipinski definition) is 2. The highest BCUT2D eigenvalue weighted by Gasteiger charge is 2.58. The fourth-order valence-corrected chi connectivity index (χ4v) is 6.08. The van der Waals surface area contributed by atoms with Gasteiger partial charge in [0.15, 0.2) is 11.6 Å². The Morgan fingerprint density at radius 1 is 0.548 bits per heavy atom. The summed E-state index contributed by atoms with van der Waals surface area (Å²) < 4.78 is 0. The van der Waals surface area contributed by atoms with E-state index < -0.39 is 0 Å². The summed E-state index contributed by atoms with van der Waals surface area (Å²) in [7, 11) is 0. The molecule has 152 valence electrons. The Balaban J connectivity index is 1.35. The van der Waals surface area contributed by atoms with Gasteiger partial charge < -0.3 is 0 Å². The van der Waals surface area contributed by atoms with Crippen LogP contribution in [0.5, 0.6) is 0 Å². The molecule has 2 aliphatic rings. The monoisotopic (exact) mass is 404 g/mol. The molecule has 0 bridgehead atoms. The maximum absolute atomic E-state index is 13.6. The zero-order valence-electron chi connectivity index (χ0n) is 17.3. The van der Waals surface area contributed by atoms with Gasteiger partial charge in [0.1, 0.15) is 0 Å². The van der Waals surface area contributed by atoms with Crippen LogP contribution in [0.25, 0.3) is 21.5 Å². The predicted molar refractivity (Wildman–Crippen MR) is 124 cm³/mol. The molecule has 0 N–H and O–H groups in total. The van der Waals surface area contributed by atoms with E-state index in [2.05, 4.69) is 12.1 Å². The van der Waals surface area contributed by atoms with Crippen LogP contribution in [0.3, 0.4) is 0 Å². The van der Waals surface area contributed by atoms with Gasteiger partial charge in [-0.15, -0.1) is 0 Å². The highest BCUT2D eigenvalue weighted by molar-refractivity contribution is 6.08. The van der Waals surface area contributed by atoms with Crippen molar-refractivity contribution in [2.45, 2.75) is 19.3 Å². The van der Waals surface area contributed by atoms with Crippen molar-refractivity contribution in [3.8, 4) is 0 Å². The number of ketones is 2. The summed E-state index contributed by atoms with van der Waals surface area (Å²) in [5.74, 6) is 0.628. The second-order valence-corrected chi connectivity index (χ2v) is 9.16. The van der Waals surface area contributed by atoms with Crippen molar-refractivity contribution in [2.24, 2.45) is 23.7 Å². The van der Waals surface area contributed by atoms with E-state index in [9.17, 15) is 9.59 Å². The molecular formula is C29H24O2. The largest absolute Gasteiger partial charge is 0.294 e. The minimum absolute atomic E-state index is 0.146. The van der Waals surface area contributed by atoms with Crippen LogP contribution in [0.2, 0.25) is 0 Å². The summed E-state index contributed by atoms with van der Waals surface area (Å²) in [6.45, 7) is 0. The van der Waals surface area contributed by atoms with Gasteiger partial charge in [-0.1, -0.05) is 79.2 Å². The van der Waals surface area contributed by atoms with Crippen LogP contribution in [0.4, 0.5) is 0 Å². The molecule has 0 aliphatic heterocycles. The first kappa shape index (κ1) is 18.5. The van der Waals surface area contributed by atoms with Crippen LogP contribution in [0.1, 0.15) is 40.0 Å². The van der Waals surface area contributed by atoms with E-state index in [1.54, 1.807) is 0 Å². The molecular weight excluding hydrogens is 380 g/mol. The second-order valence-electron chi connectivity index (χ2n) is 9.16. The topological polar surface area (TPSA) is 34.1 Å². The van der Waals surface area contributed by atoms with E-state index >= 15 is 0 Å². The van der Waals surface area contributed by atoms with Gasteiger partial charge in [-0.05, 0) is 58.4 Å². The third-order valence-corrected chi connectivity index (χ3v) is 7.61. The minimum atomic E-state index is -0.187. The molecule has 0 heterocycles. The van der Waals surface area contributed by atoms with Crippen LogP contribution in [0.15, 0.2) is 84.9 Å². The first-order valence-electron chi connectivity index (χ1n) is 11.3. The lowest BCUT2D eigenvalue weighted by molar-refractivity contribution is 0.0130. The highest BCUT2D eigenvalue weighted by Crippen LogP contribution is 2.57.